The van der Waals surface area contributed by atoms with Crippen LogP contribution >= 0.6 is 0 Å². The highest BCUT2D eigenvalue weighted by atomic mass is 16.5. The zero-order valence-electron chi connectivity index (χ0n) is 15.1. The first-order chi connectivity index (χ1) is 13.0. The summed E-state index contributed by atoms with van der Waals surface area (Å²) in [6.07, 6.45) is 5.98. The van der Waals surface area contributed by atoms with E-state index in [0.29, 0.717) is 22.8 Å². The summed E-state index contributed by atoms with van der Waals surface area (Å²) in [7, 11) is 1.49. The Morgan fingerprint density at radius 1 is 1.26 bits per heavy atom. The number of ether oxygens (including phenoxy) is 1. The Morgan fingerprint density at radius 3 is 2.85 bits per heavy atom. The molecular formula is C20H21N3O4. The van der Waals surface area contributed by atoms with E-state index in [9.17, 15) is 14.8 Å². The van der Waals surface area contributed by atoms with Gasteiger partial charge in [0.15, 0.2) is 0 Å². The summed E-state index contributed by atoms with van der Waals surface area (Å²) in [5.74, 6) is 0.0528. The number of carbonyl (C=O) groups is 2. The number of pyridine rings is 1. The lowest BCUT2D eigenvalue weighted by Gasteiger charge is -2.32. The highest BCUT2D eigenvalue weighted by molar-refractivity contribution is 6.04. The lowest BCUT2D eigenvalue weighted by atomic mass is 9.70. The molecule has 2 aromatic rings. The Bertz CT molecular complexity index is 914. The molecule has 1 aromatic carbocycles. The van der Waals surface area contributed by atoms with Crippen LogP contribution in [0, 0.1) is 5.41 Å². The lowest BCUT2D eigenvalue weighted by Crippen LogP contribution is -2.36. The number of nitrogens with zero attached hydrogens (tertiary/aromatic N) is 2. The number of nitrogens with one attached hydrogen (secondary N) is 1. The molecule has 2 amide bonds. The second-order valence-electron chi connectivity index (χ2n) is 7.15. The Labute approximate surface area is 156 Å². The van der Waals surface area contributed by atoms with Gasteiger partial charge in [-0.2, -0.15) is 5.06 Å². The maximum Gasteiger partial charge on any atom is 0.282 e. The molecule has 0 radical (unpaired) electrons. The topological polar surface area (TPSA) is 91.8 Å². The van der Waals surface area contributed by atoms with Crippen molar-refractivity contribution in [1.82, 2.24) is 10.3 Å². The Hall–Kier alpha value is -2.93. The molecule has 1 aromatic heterocycles. The van der Waals surface area contributed by atoms with E-state index in [2.05, 4.69) is 10.3 Å². The molecule has 1 fully saturated rings. The highest BCUT2D eigenvalue weighted by Crippen LogP contribution is 2.41. The minimum absolute atomic E-state index is 0.139. The number of aryl methyl sites for hydroxylation is 1. The first-order valence-electron chi connectivity index (χ1n) is 8.95. The van der Waals surface area contributed by atoms with Gasteiger partial charge in [0, 0.05) is 18.2 Å². The molecule has 2 N–H and O–H groups in total. The number of aromatic nitrogens is 1. The fraction of sp³-hybridized carbons (Fsp3) is 0.350. The summed E-state index contributed by atoms with van der Waals surface area (Å²) in [6.45, 7) is 0.735. The summed E-state index contributed by atoms with van der Waals surface area (Å²) in [5.41, 5.74) is 2.49. The Balaban J connectivity index is 1.57. The fourth-order valence-corrected chi connectivity index (χ4v) is 3.99. The average Bonchev–Trinajstić information content (AvgIpc) is 3.06. The van der Waals surface area contributed by atoms with Crippen molar-refractivity contribution >= 4 is 17.5 Å². The molecule has 0 bridgehead atoms. The Kier molecular flexibility index (Phi) is 4.31. The molecule has 1 aliphatic heterocycles. The van der Waals surface area contributed by atoms with E-state index in [1.807, 2.05) is 12.1 Å². The second-order valence-corrected chi connectivity index (χ2v) is 7.15. The quantitative estimate of drug-likeness (QED) is 0.640. The minimum atomic E-state index is -0.535. The van der Waals surface area contributed by atoms with Gasteiger partial charge in [-0.3, -0.25) is 19.8 Å². The number of carbonyl (C=O) groups excluding carboxylic acids is 2. The van der Waals surface area contributed by atoms with Gasteiger partial charge in [0.1, 0.15) is 5.75 Å². The third kappa shape index (κ3) is 3.04. The molecule has 7 heteroatoms. The Morgan fingerprint density at radius 2 is 2.11 bits per heavy atom. The van der Waals surface area contributed by atoms with Crippen LogP contribution in [-0.4, -0.2) is 35.7 Å². The van der Waals surface area contributed by atoms with Crippen molar-refractivity contribution in [2.24, 2.45) is 5.41 Å². The third-order valence-corrected chi connectivity index (χ3v) is 5.60. The van der Waals surface area contributed by atoms with Crippen LogP contribution < -0.4 is 15.1 Å². The molecule has 1 aliphatic carbocycles. The smallest absolute Gasteiger partial charge is 0.282 e. The number of hydroxylamine groups is 1. The molecule has 2 heterocycles. The van der Waals surface area contributed by atoms with E-state index >= 15 is 0 Å². The van der Waals surface area contributed by atoms with Crippen LogP contribution in [0.4, 0.5) is 5.69 Å². The third-order valence-electron chi connectivity index (χ3n) is 5.60. The van der Waals surface area contributed by atoms with Crippen molar-refractivity contribution in [3.8, 4) is 5.75 Å². The van der Waals surface area contributed by atoms with Crippen molar-refractivity contribution in [1.29, 1.82) is 0 Å². The first-order valence-corrected chi connectivity index (χ1v) is 8.95. The number of methoxy groups -OCH3 is 1. The highest BCUT2D eigenvalue weighted by Gasteiger charge is 2.44. The number of rotatable bonds is 3. The summed E-state index contributed by atoms with van der Waals surface area (Å²) in [4.78, 5) is 28.8. The van der Waals surface area contributed by atoms with Crippen LogP contribution in [0.5, 0.6) is 5.75 Å². The van der Waals surface area contributed by atoms with Gasteiger partial charge in [-0.1, -0.05) is 6.07 Å². The molecule has 4 rings (SSSR count). The van der Waals surface area contributed by atoms with Crippen LogP contribution in [0.3, 0.4) is 0 Å². The van der Waals surface area contributed by atoms with Crippen molar-refractivity contribution in [3.63, 3.8) is 0 Å². The van der Waals surface area contributed by atoms with E-state index in [1.54, 1.807) is 6.07 Å². The molecule has 1 spiro atoms. The predicted octanol–water partition coefficient (Wildman–Crippen LogP) is 2.12. The largest absolute Gasteiger partial charge is 0.495 e. The average molecular weight is 367 g/mol. The van der Waals surface area contributed by atoms with Gasteiger partial charge in [0.2, 0.25) is 5.91 Å². The second kappa shape index (κ2) is 6.66. The van der Waals surface area contributed by atoms with E-state index in [4.69, 9.17) is 4.74 Å². The molecule has 140 valence electrons. The van der Waals surface area contributed by atoms with Crippen LogP contribution in [0.1, 0.15) is 34.3 Å². The molecule has 0 saturated carbocycles. The van der Waals surface area contributed by atoms with Crippen molar-refractivity contribution in [3.05, 3.63) is 53.3 Å². The van der Waals surface area contributed by atoms with Crippen LogP contribution in [0.15, 0.2) is 36.7 Å². The number of hydrogen-bond donors (Lipinski definition) is 2. The van der Waals surface area contributed by atoms with E-state index in [0.717, 1.165) is 36.9 Å². The fourth-order valence-electron chi connectivity index (χ4n) is 3.99. The van der Waals surface area contributed by atoms with Crippen molar-refractivity contribution < 1.29 is 19.5 Å². The summed E-state index contributed by atoms with van der Waals surface area (Å²) < 4.78 is 5.08. The summed E-state index contributed by atoms with van der Waals surface area (Å²) in [5, 5.41) is 13.8. The van der Waals surface area contributed by atoms with E-state index < -0.39 is 5.91 Å². The lowest BCUT2D eigenvalue weighted by molar-refractivity contribution is -0.128. The molecule has 1 atom stereocenters. The van der Waals surface area contributed by atoms with Gasteiger partial charge in [-0.15, -0.1) is 0 Å². The number of fused-ring (bicyclic) bond motifs is 1. The zero-order valence-corrected chi connectivity index (χ0v) is 15.1. The van der Waals surface area contributed by atoms with Crippen LogP contribution in [0.2, 0.25) is 0 Å². The standard InChI is InChI=1S/C20H21N3O4/c1-27-17-9-16(11-21-12-17)23(26)18(24)14-2-3-15-10-20(5-4-13(15)8-14)6-7-22-19(20)25/h2-3,8-9,11-12,26H,4-7,10H2,1H3,(H,22,25)/t20-/m0/s1. The van der Waals surface area contributed by atoms with Gasteiger partial charge in [0.05, 0.1) is 30.6 Å². The maximum absolute atomic E-state index is 12.7. The van der Waals surface area contributed by atoms with Crippen molar-refractivity contribution in [2.75, 3.05) is 18.7 Å². The molecular weight excluding hydrogens is 346 g/mol. The van der Waals surface area contributed by atoms with Crippen molar-refractivity contribution in [2.45, 2.75) is 25.7 Å². The zero-order chi connectivity index (χ0) is 19.0. The number of anilines is 1. The normalized spacial score (nSPS) is 20.9. The molecule has 1 saturated heterocycles. The molecule has 27 heavy (non-hydrogen) atoms. The van der Waals surface area contributed by atoms with Crippen LogP contribution in [0.25, 0.3) is 0 Å². The number of benzene rings is 1. The predicted molar refractivity (Wildman–Crippen MR) is 97.9 cm³/mol. The number of hydrogen-bond acceptors (Lipinski definition) is 5. The van der Waals surface area contributed by atoms with Gasteiger partial charge < -0.3 is 10.1 Å². The van der Waals surface area contributed by atoms with Gasteiger partial charge in [-0.25, -0.2) is 0 Å². The SMILES string of the molecule is COc1cncc(N(O)C(=O)c2ccc3c(c2)CC[C@]2(CCNC2=O)C3)c1. The number of amides is 2. The molecule has 2 aliphatic rings. The van der Waals surface area contributed by atoms with Gasteiger partial charge >= 0.3 is 0 Å². The summed E-state index contributed by atoms with van der Waals surface area (Å²) in [6, 6.07) is 6.94. The van der Waals surface area contributed by atoms with Gasteiger partial charge in [0.25, 0.3) is 5.91 Å². The minimum Gasteiger partial charge on any atom is -0.495 e. The molecule has 7 nitrogen and oxygen atoms in total. The van der Waals surface area contributed by atoms with Crippen LogP contribution in [-0.2, 0) is 17.6 Å². The maximum atomic E-state index is 12.7. The van der Waals surface area contributed by atoms with E-state index in [1.165, 1.54) is 25.6 Å². The van der Waals surface area contributed by atoms with Gasteiger partial charge in [-0.05, 0) is 48.9 Å². The van der Waals surface area contributed by atoms with E-state index in [-0.39, 0.29) is 17.0 Å². The monoisotopic (exact) mass is 367 g/mol. The molecule has 0 unspecified atom stereocenters. The summed E-state index contributed by atoms with van der Waals surface area (Å²) >= 11 is 0. The first kappa shape index (κ1) is 17.5.